The smallest absolute Gasteiger partial charge is 0.416 e. The lowest BCUT2D eigenvalue weighted by Gasteiger charge is -2.10. The highest BCUT2D eigenvalue weighted by molar-refractivity contribution is 7.14. The normalized spacial score (nSPS) is 11.6. The standard InChI is InChI=1S/C20H15F3N4O2S/c1-11-6-9-16(30-11)18(28)25-19-24-17-15(29-2)8-7-14(27(17)26-19)12-4-3-5-13(10-12)20(21,22)23/h3-10H,1-2H3,(H,25,26,28). The Kier molecular flexibility index (Phi) is 4.94. The van der Waals surface area contributed by atoms with Crippen molar-refractivity contribution in [3.05, 3.63) is 63.8 Å². The van der Waals surface area contributed by atoms with E-state index < -0.39 is 11.7 Å². The summed E-state index contributed by atoms with van der Waals surface area (Å²) in [6.45, 7) is 1.89. The Hall–Kier alpha value is -3.40. The van der Waals surface area contributed by atoms with Crippen molar-refractivity contribution >= 4 is 28.8 Å². The van der Waals surface area contributed by atoms with E-state index in [0.717, 1.165) is 17.0 Å². The van der Waals surface area contributed by atoms with Gasteiger partial charge < -0.3 is 4.74 Å². The van der Waals surface area contributed by atoms with Crippen LogP contribution in [0.4, 0.5) is 19.1 Å². The van der Waals surface area contributed by atoms with E-state index in [-0.39, 0.29) is 17.5 Å². The maximum atomic E-state index is 13.1. The summed E-state index contributed by atoms with van der Waals surface area (Å²) in [4.78, 5) is 18.2. The molecule has 154 valence electrons. The summed E-state index contributed by atoms with van der Waals surface area (Å²) in [7, 11) is 1.45. The van der Waals surface area contributed by atoms with Gasteiger partial charge in [0.1, 0.15) is 0 Å². The molecule has 6 nitrogen and oxygen atoms in total. The number of carbonyl (C=O) groups excluding carboxylic acids is 1. The Morgan fingerprint density at radius 1 is 1.17 bits per heavy atom. The van der Waals surface area contributed by atoms with Gasteiger partial charge >= 0.3 is 6.18 Å². The molecule has 0 fully saturated rings. The molecule has 30 heavy (non-hydrogen) atoms. The van der Waals surface area contributed by atoms with Crippen LogP contribution in [0, 0.1) is 6.92 Å². The molecule has 10 heteroatoms. The lowest BCUT2D eigenvalue weighted by Crippen LogP contribution is -2.11. The number of alkyl halides is 3. The second-order valence-electron chi connectivity index (χ2n) is 6.40. The van der Waals surface area contributed by atoms with Crippen LogP contribution in [0.1, 0.15) is 20.1 Å². The highest BCUT2D eigenvalue weighted by atomic mass is 32.1. The fourth-order valence-corrected chi connectivity index (χ4v) is 3.71. The fraction of sp³-hybridized carbons (Fsp3) is 0.150. The summed E-state index contributed by atoms with van der Waals surface area (Å²) in [5, 5.41) is 6.90. The fourth-order valence-electron chi connectivity index (χ4n) is 2.94. The van der Waals surface area contributed by atoms with Gasteiger partial charge in [-0.1, -0.05) is 12.1 Å². The predicted molar refractivity (Wildman–Crippen MR) is 107 cm³/mol. The van der Waals surface area contributed by atoms with E-state index in [9.17, 15) is 18.0 Å². The molecular weight excluding hydrogens is 417 g/mol. The summed E-state index contributed by atoms with van der Waals surface area (Å²) in [5.74, 6) is 0.0121. The third-order valence-corrected chi connectivity index (χ3v) is 5.34. The Morgan fingerprint density at radius 2 is 1.97 bits per heavy atom. The van der Waals surface area contributed by atoms with Crippen molar-refractivity contribution in [2.75, 3.05) is 12.4 Å². The number of rotatable bonds is 4. The van der Waals surface area contributed by atoms with Gasteiger partial charge in [-0.15, -0.1) is 16.4 Å². The number of ether oxygens (including phenoxy) is 1. The number of hydrogen-bond donors (Lipinski definition) is 1. The summed E-state index contributed by atoms with van der Waals surface area (Å²) in [6, 6.07) is 11.6. The van der Waals surface area contributed by atoms with Crippen LogP contribution >= 0.6 is 11.3 Å². The second-order valence-corrected chi connectivity index (χ2v) is 7.69. The molecule has 0 radical (unpaired) electrons. The van der Waals surface area contributed by atoms with Crippen molar-refractivity contribution < 1.29 is 22.7 Å². The van der Waals surface area contributed by atoms with E-state index in [1.165, 1.54) is 29.0 Å². The molecular formula is C20H15F3N4O2S. The van der Waals surface area contributed by atoms with E-state index >= 15 is 0 Å². The predicted octanol–water partition coefficient (Wildman–Crippen LogP) is 5.05. The first-order valence-corrected chi connectivity index (χ1v) is 9.57. The van der Waals surface area contributed by atoms with Crippen LogP contribution in [-0.4, -0.2) is 27.6 Å². The molecule has 0 unspecified atom stereocenters. The number of pyridine rings is 1. The third-order valence-electron chi connectivity index (χ3n) is 4.34. The van der Waals surface area contributed by atoms with Gasteiger partial charge in [0.15, 0.2) is 11.4 Å². The van der Waals surface area contributed by atoms with E-state index in [1.807, 2.05) is 13.0 Å². The van der Waals surface area contributed by atoms with Crippen molar-refractivity contribution in [2.24, 2.45) is 0 Å². The Labute approximate surface area is 172 Å². The van der Waals surface area contributed by atoms with Crippen molar-refractivity contribution in [1.82, 2.24) is 14.6 Å². The van der Waals surface area contributed by atoms with Crippen LogP contribution in [0.2, 0.25) is 0 Å². The van der Waals surface area contributed by atoms with Gasteiger partial charge in [0.25, 0.3) is 5.91 Å². The van der Waals surface area contributed by atoms with Crippen LogP contribution in [0.15, 0.2) is 48.5 Å². The highest BCUT2D eigenvalue weighted by Crippen LogP contribution is 2.33. The zero-order valence-corrected chi connectivity index (χ0v) is 16.6. The number of amides is 1. The molecule has 0 aliphatic carbocycles. The number of benzene rings is 1. The SMILES string of the molecule is COc1ccc(-c2cccc(C(F)(F)F)c2)n2nc(NC(=O)c3ccc(C)s3)nc12. The third kappa shape index (κ3) is 3.73. The van der Waals surface area contributed by atoms with Gasteiger partial charge in [-0.3, -0.25) is 10.1 Å². The molecule has 4 aromatic rings. The Bertz CT molecular complexity index is 1250. The number of halogens is 3. The molecule has 0 spiro atoms. The van der Waals surface area contributed by atoms with E-state index in [2.05, 4.69) is 15.4 Å². The molecule has 0 saturated carbocycles. The molecule has 3 heterocycles. The van der Waals surface area contributed by atoms with Crippen molar-refractivity contribution in [2.45, 2.75) is 13.1 Å². The molecule has 0 saturated heterocycles. The summed E-state index contributed by atoms with van der Waals surface area (Å²) < 4.78 is 46.0. The zero-order valence-electron chi connectivity index (χ0n) is 15.8. The lowest BCUT2D eigenvalue weighted by molar-refractivity contribution is -0.137. The summed E-state index contributed by atoms with van der Waals surface area (Å²) >= 11 is 1.33. The van der Waals surface area contributed by atoms with Gasteiger partial charge in [-0.25, -0.2) is 4.52 Å². The summed E-state index contributed by atoms with van der Waals surface area (Å²) in [5.41, 5.74) is 0.168. The molecule has 3 aromatic heterocycles. The number of aryl methyl sites for hydroxylation is 1. The zero-order chi connectivity index (χ0) is 21.5. The van der Waals surface area contributed by atoms with Gasteiger partial charge in [-0.2, -0.15) is 18.2 Å². The van der Waals surface area contributed by atoms with Gasteiger partial charge in [0.05, 0.1) is 23.2 Å². The Morgan fingerprint density at radius 3 is 2.63 bits per heavy atom. The van der Waals surface area contributed by atoms with Gasteiger partial charge in [0, 0.05) is 10.4 Å². The molecule has 1 aromatic carbocycles. The first-order valence-electron chi connectivity index (χ1n) is 8.75. The average Bonchev–Trinajstić information content (AvgIpc) is 3.32. The van der Waals surface area contributed by atoms with Crippen molar-refractivity contribution in [3.63, 3.8) is 0 Å². The van der Waals surface area contributed by atoms with Crippen molar-refractivity contribution in [1.29, 1.82) is 0 Å². The van der Waals surface area contributed by atoms with Crippen LogP contribution < -0.4 is 10.1 Å². The largest absolute Gasteiger partial charge is 0.493 e. The Balaban J connectivity index is 1.78. The maximum absolute atomic E-state index is 13.1. The number of aromatic nitrogens is 3. The topological polar surface area (TPSA) is 68.5 Å². The summed E-state index contributed by atoms with van der Waals surface area (Å²) in [6.07, 6.45) is -4.47. The highest BCUT2D eigenvalue weighted by Gasteiger charge is 2.30. The van der Waals surface area contributed by atoms with Crippen LogP contribution in [0.5, 0.6) is 5.75 Å². The number of anilines is 1. The number of thiophene rings is 1. The number of fused-ring (bicyclic) bond motifs is 1. The maximum Gasteiger partial charge on any atom is 0.416 e. The lowest BCUT2D eigenvalue weighted by atomic mass is 10.1. The monoisotopic (exact) mass is 432 g/mol. The molecule has 0 bridgehead atoms. The molecule has 1 amide bonds. The molecule has 0 atom stereocenters. The molecule has 4 rings (SSSR count). The number of methoxy groups -OCH3 is 1. The van der Waals surface area contributed by atoms with Gasteiger partial charge in [0.2, 0.25) is 5.95 Å². The average molecular weight is 432 g/mol. The number of hydrogen-bond acceptors (Lipinski definition) is 5. The van der Waals surface area contributed by atoms with Crippen LogP contribution in [-0.2, 0) is 6.18 Å². The number of nitrogens with zero attached hydrogens (tertiary/aromatic N) is 3. The number of carbonyl (C=O) groups is 1. The minimum Gasteiger partial charge on any atom is -0.493 e. The van der Waals surface area contributed by atoms with E-state index in [1.54, 1.807) is 24.3 Å². The minimum absolute atomic E-state index is 0.0174. The molecule has 0 aliphatic rings. The molecule has 1 N–H and O–H groups in total. The van der Waals surface area contributed by atoms with E-state index in [0.29, 0.717) is 21.9 Å². The first-order chi connectivity index (χ1) is 14.3. The first kappa shape index (κ1) is 19.9. The van der Waals surface area contributed by atoms with Gasteiger partial charge in [-0.05, 0) is 43.3 Å². The van der Waals surface area contributed by atoms with Crippen LogP contribution in [0.3, 0.4) is 0 Å². The van der Waals surface area contributed by atoms with Crippen molar-refractivity contribution in [3.8, 4) is 17.0 Å². The molecule has 0 aliphatic heterocycles. The second kappa shape index (κ2) is 7.45. The number of nitrogens with one attached hydrogen (secondary N) is 1. The quantitative estimate of drug-likeness (QED) is 0.490. The van der Waals surface area contributed by atoms with Crippen LogP contribution in [0.25, 0.3) is 16.9 Å². The van der Waals surface area contributed by atoms with E-state index in [4.69, 9.17) is 4.74 Å². The minimum atomic E-state index is -4.47.